The second-order valence-electron chi connectivity index (χ2n) is 2.68. The van der Waals surface area contributed by atoms with Gasteiger partial charge in [-0.3, -0.25) is 0 Å². The molecule has 0 aliphatic heterocycles. The van der Waals surface area contributed by atoms with E-state index in [0.717, 1.165) is 24.9 Å². The Morgan fingerprint density at radius 1 is 1.55 bits per heavy atom. The standard InChI is InChI=1S/C8H18BrNO/c1-8(4-5-9)10-6-3-7-11-2/h8,10H,3-7H2,1-2H3. The fourth-order valence-electron chi connectivity index (χ4n) is 0.831. The number of nitrogens with one attached hydrogen (secondary N) is 1. The van der Waals surface area contributed by atoms with Crippen LogP contribution >= 0.6 is 15.9 Å². The summed E-state index contributed by atoms with van der Waals surface area (Å²) >= 11 is 3.41. The lowest BCUT2D eigenvalue weighted by Crippen LogP contribution is -2.27. The van der Waals surface area contributed by atoms with Gasteiger partial charge in [-0.25, -0.2) is 0 Å². The van der Waals surface area contributed by atoms with Crippen molar-refractivity contribution in [3.05, 3.63) is 0 Å². The minimum absolute atomic E-state index is 0.617. The van der Waals surface area contributed by atoms with E-state index in [4.69, 9.17) is 4.74 Å². The molecule has 0 fully saturated rings. The van der Waals surface area contributed by atoms with Crippen molar-refractivity contribution in [3.8, 4) is 0 Å². The summed E-state index contributed by atoms with van der Waals surface area (Å²) in [6, 6.07) is 0.617. The van der Waals surface area contributed by atoms with Crippen LogP contribution in [0.3, 0.4) is 0 Å². The number of hydrogen-bond acceptors (Lipinski definition) is 2. The minimum Gasteiger partial charge on any atom is -0.385 e. The maximum Gasteiger partial charge on any atom is 0.0474 e. The van der Waals surface area contributed by atoms with Crippen molar-refractivity contribution in [3.63, 3.8) is 0 Å². The van der Waals surface area contributed by atoms with Crippen LogP contribution in [0.25, 0.3) is 0 Å². The Morgan fingerprint density at radius 3 is 2.82 bits per heavy atom. The summed E-state index contributed by atoms with van der Waals surface area (Å²) < 4.78 is 4.93. The SMILES string of the molecule is COCCCNC(C)CCBr. The molecule has 0 aromatic carbocycles. The number of rotatable bonds is 7. The molecule has 0 aliphatic rings. The highest BCUT2D eigenvalue weighted by atomic mass is 79.9. The molecule has 0 aromatic rings. The van der Waals surface area contributed by atoms with Crippen LogP contribution in [0.4, 0.5) is 0 Å². The second kappa shape index (κ2) is 8.50. The molecule has 0 heterocycles. The monoisotopic (exact) mass is 223 g/mol. The summed E-state index contributed by atoms with van der Waals surface area (Å²) in [5, 5.41) is 4.48. The summed E-state index contributed by atoms with van der Waals surface area (Å²) in [4.78, 5) is 0. The van der Waals surface area contributed by atoms with E-state index in [9.17, 15) is 0 Å². The van der Waals surface area contributed by atoms with Gasteiger partial charge in [-0.05, 0) is 26.3 Å². The normalized spacial score (nSPS) is 13.4. The van der Waals surface area contributed by atoms with E-state index in [-0.39, 0.29) is 0 Å². The van der Waals surface area contributed by atoms with E-state index in [2.05, 4.69) is 28.2 Å². The molecule has 0 saturated heterocycles. The number of alkyl halides is 1. The van der Waals surface area contributed by atoms with E-state index >= 15 is 0 Å². The third-order valence-corrected chi connectivity index (χ3v) is 2.02. The molecule has 0 rings (SSSR count). The molecule has 0 aliphatic carbocycles. The molecule has 3 heteroatoms. The number of hydrogen-bond donors (Lipinski definition) is 1. The lowest BCUT2D eigenvalue weighted by Gasteiger charge is -2.11. The molecule has 0 aromatic heterocycles. The Kier molecular flexibility index (Phi) is 8.81. The number of methoxy groups -OCH3 is 1. The molecular formula is C8H18BrNO. The van der Waals surface area contributed by atoms with Crippen LogP contribution in [0.2, 0.25) is 0 Å². The summed E-state index contributed by atoms with van der Waals surface area (Å²) in [5.41, 5.74) is 0. The summed E-state index contributed by atoms with van der Waals surface area (Å²) in [6.45, 7) is 4.12. The molecule has 11 heavy (non-hydrogen) atoms. The molecule has 0 bridgehead atoms. The van der Waals surface area contributed by atoms with Crippen molar-refractivity contribution in [2.45, 2.75) is 25.8 Å². The lowest BCUT2D eigenvalue weighted by molar-refractivity contribution is 0.193. The quantitative estimate of drug-likeness (QED) is 0.525. The summed E-state index contributed by atoms with van der Waals surface area (Å²) in [5.74, 6) is 0. The van der Waals surface area contributed by atoms with Gasteiger partial charge in [-0.15, -0.1) is 0 Å². The predicted octanol–water partition coefficient (Wildman–Crippen LogP) is 1.79. The van der Waals surface area contributed by atoms with Crippen molar-refractivity contribution in [2.24, 2.45) is 0 Å². The average Bonchev–Trinajstić information content (AvgIpc) is 1.99. The zero-order valence-electron chi connectivity index (χ0n) is 7.40. The molecule has 0 saturated carbocycles. The highest BCUT2D eigenvalue weighted by molar-refractivity contribution is 9.09. The highest BCUT2D eigenvalue weighted by Gasteiger charge is 1.97. The van der Waals surface area contributed by atoms with Gasteiger partial charge in [0.05, 0.1) is 0 Å². The third kappa shape index (κ3) is 8.30. The van der Waals surface area contributed by atoms with Crippen molar-refractivity contribution in [1.29, 1.82) is 0 Å². The van der Waals surface area contributed by atoms with E-state index in [0.29, 0.717) is 6.04 Å². The maximum absolute atomic E-state index is 4.93. The van der Waals surface area contributed by atoms with Crippen molar-refractivity contribution < 1.29 is 4.74 Å². The van der Waals surface area contributed by atoms with Crippen LogP contribution in [0, 0.1) is 0 Å². The van der Waals surface area contributed by atoms with E-state index in [1.165, 1.54) is 6.42 Å². The Bertz CT molecular complexity index is 80.5. The lowest BCUT2D eigenvalue weighted by atomic mass is 10.2. The van der Waals surface area contributed by atoms with Crippen molar-refractivity contribution >= 4 is 15.9 Å². The van der Waals surface area contributed by atoms with Crippen LogP contribution in [-0.4, -0.2) is 31.6 Å². The molecule has 2 nitrogen and oxygen atoms in total. The second-order valence-corrected chi connectivity index (χ2v) is 3.47. The van der Waals surface area contributed by atoms with Crippen LogP contribution in [0.1, 0.15) is 19.8 Å². The van der Waals surface area contributed by atoms with Gasteiger partial charge in [-0.1, -0.05) is 15.9 Å². The molecular weight excluding hydrogens is 206 g/mol. The van der Waals surface area contributed by atoms with E-state index in [1.54, 1.807) is 7.11 Å². The Balaban J connectivity index is 2.97. The van der Waals surface area contributed by atoms with E-state index < -0.39 is 0 Å². The van der Waals surface area contributed by atoms with Crippen LogP contribution in [0.5, 0.6) is 0 Å². The summed E-state index contributed by atoms with van der Waals surface area (Å²) in [6.07, 6.45) is 2.29. The number of ether oxygens (including phenoxy) is 1. The Hall–Kier alpha value is 0.400. The first-order chi connectivity index (χ1) is 5.31. The van der Waals surface area contributed by atoms with Crippen molar-refractivity contribution in [2.75, 3.05) is 25.6 Å². The maximum atomic E-state index is 4.93. The molecule has 1 atom stereocenters. The predicted molar refractivity (Wildman–Crippen MR) is 52.4 cm³/mol. The first-order valence-corrected chi connectivity index (χ1v) is 5.21. The van der Waals surface area contributed by atoms with Gasteiger partial charge in [0, 0.05) is 25.1 Å². The zero-order chi connectivity index (χ0) is 8.53. The van der Waals surface area contributed by atoms with Gasteiger partial charge >= 0.3 is 0 Å². The Labute approximate surface area is 77.8 Å². The van der Waals surface area contributed by atoms with Gasteiger partial charge in [0.25, 0.3) is 0 Å². The van der Waals surface area contributed by atoms with E-state index in [1.807, 2.05) is 0 Å². The molecule has 1 N–H and O–H groups in total. The fourth-order valence-corrected chi connectivity index (χ4v) is 1.52. The first kappa shape index (κ1) is 11.4. The van der Waals surface area contributed by atoms with Gasteiger partial charge in [0.2, 0.25) is 0 Å². The highest BCUT2D eigenvalue weighted by Crippen LogP contribution is 1.94. The van der Waals surface area contributed by atoms with Crippen LogP contribution in [0.15, 0.2) is 0 Å². The summed E-state index contributed by atoms with van der Waals surface area (Å²) in [7, 11) is 1.74. The topological polar surface area (TPSA) is 21.3 Å². The van der Waals surface area contributed by atoms with Crippen LogP contribution < -0.4 is 5.32 Å². The van der Waals surface area contributed by atoms with Gasteiger partial charge in [0.15, 0.2) is 0 Å². The first-order valence-electron chi connectivity index (χ1n) is 4.09. The molecule has 1 unspecified atom stereocenters. The van der Waals surface area contributed by atoms with Gasteiger partial charge in [0.1, 0.15) is 0 Å². The molecule has 68 valence electrons. The molecule has 0 amide bonds. The molecule has 0 radical (unpaired) electrons. The average molecular weight is 224 g/mol. The number of halogens is 1. The smallest absolute Gasteiger partial charge is 0.0474 e. The molecule has 0 spiro atoms. The Morgan fingerprint density at radius 2 is 2.27 bits per heavy atom. The third-order valence-electron chi connectivity index (χ3n) is 1.56. The van der Waals surface area contributed by atoms with Gasteiger partial charge < -0.3 is 10.1 Å². The van der Waals surface area contributed by atoms with Crippen LogP contribution in [-0.2, 0) is 4.74 Å². The zero-order valence-corrected chi connectivity index (χ0v) is 8.99. The minimum atomic E-state index is 0.617. The fraction of sp³-hybridized carbons (Fsp3) is 1.00. The largest absolute Gasteiger partial charge is 0.385 e. The van der Waals surface area contributed by atoms with Crippen molar-refractivity contribution in [1.82, 2.24) is 5.32 Å². The van der Waals surface area contributed by atoms with Gasteiger partial charge in [-0.2, -0.15) is 0 Å².